The van der Waals surface area contributed by atoms with Crippen LogP contribution in [0.15, 0.2) is 29.6 Å². The highest BCUT2D eigenvalue weighted by Gasteiger charge is 2.27. The van der Waals surface area contributed by atoms with Gasteiger partial charge in [0, 0.05) is 18.3 Å². The van der Waals surface area contributed by atoms with Gasteiger partial charge in [0.2, 0.25) is 0 Å². The molecular weight excluding hydrogens is 325 g/mol. The number of amides is 1. The number of carbonyl (C=O) groups is 1. The van der Waals surface area contributed by atoms with Crippen molar-refractivity contribution in [1.82, 2.24) is 15.6 Å². The minimum Gasteiger partial charge on any atom is -0.350 e. The fraction of sp³-hybridized carbons (Fsp3) is 0.444. The van der Waals surface area contributed by atoms with Gasteiger partial charge in [-0.25, -0.2) is 9.37 Å². The Kier molecular flexibility index (Phi) is 5.26. The van der Waals surface area contributed by atoms with E-state index in [-0.39, 0.29) is 17.1 Å². The molecule has 2 heterocycles. The predicted molar refractivity (Wildman–Crippen MR) is 93.9 cm³/mol. The molecule has 0 saturated carbocycles. The van der Waals surface area contributed by atoms with Crippen LogP contribution in [-0.4, -0.2) is 30.5 Å². The fourth-order valence-corrected chi connectivity index (χ4v) is 3.69. The van der Waals surface area contributed by atoms with Crippen molar-refractivity contribution in [2.24, 2.45) is 5.41 Å². The zero-order valence-electron chi connectivity index (χ0n) is 13.8. The summed E-state index contributed by atoms with van der Waals surface area (Å²) in [6, 6.07) is 6.66. The van der Waals surface area contributed by atoms with E-state index in [1.807, 2.05) is 0 Å². The molecule has 0 spiro atoms. The molecule has 0 aliphatic carbocycles. The molecule has 1 aromatic carbocycles. The van der Waals surface area contributed by atoms with Crippen molar-refractivity contribution < 1.29 is 9.18 Å². The molecule has 1 saturated heterocycles. The Morgan fingerprint density at radius 2 is 2.12 bits per heavy atom. The smallest absolute Gasteiger partial charge is 0.270 e. The predicted octanol–water partition coefficient (Wildman–Crippen LogP) is 2.99. The van der Waals surface area contributed by atoms with Crippen molar-refractivity contribution in [3.63, 3.8) is 0 Å². The molecule has 4 nitrogen and oxygen atoms in total. The van der Waals surface area contributed by atoms with Crippen LogP contribution in [-0.2, 0) is 6.42 Å². The molecular formula is C18H22FN3OS. The van der Waals surface area contributed by atoms with E-state index in [1.165, 1.54) is 17.4 Å². The number of aromatic nitrogens is 1. The summed E-state index contributed by atoms with van der Waals surface area (Å²) in [6.45, 7) is 4.86. The summed E-state index contributed by atoms with van der Waals surface area (Å²) in [7, 11) is 0. The molecule has 0 radical (unpaired) electrons. The summed E-state index contributed by atoms with van der Waals surface area (Å²) < 4.78 is 13.7. The molecule has 2 aromatic rings. The number of rotatable bonds is 5. The highest BCUT2D eigenvalue weighted by molar-refractivity contribution is 7.09. The molecule has 24 heavy (non-hydrogen) atoms. The first-order chi connectivity index (χ1) is 11.6. The lowest BCUT2D eigenvalue weighted by Crippen LogP contribution is -2.42. The number of carbonyl (C=O) groups excluding carboxylic acids is 1. The Labute approximate surface area is 145 Å². The third-order valence-electron chi connectivity index (χ3n) is 4.57. The van der Waals surface area contributed by atoms with Crippen molar-refractivity contribution in [3.05, 3.63) is 51.7 Å². The number of nitrogens with zero attached hydrogens (tertiary/aromatic N) is 1. The molecule has 2 N–H and O–H groups in total. The van der Waals surface area contributed by atoms with E-state index >= 15 is 0 Å². The number of halogens is 1. The number of hydrogen-bond acceptors (Lipinski definition) is 4. The van der Waals surface area contributed by atoms with E-state index in [0.717, 1.165) is 30.9 Å². The van der Waals surface area contributed by atoms with Crippen molar-refractivity contribution in [2.45, 2.75) is 26.2 Å². The third kappa shape index (κ3) is 4.19. The first-order valence-corrected chi connectivity index (χ1v) is 9.10. The molecule has 0 atom stereocenters. The van der Waals surface area contributed by atoms with Crippen LogP contribution >= 0.6 is 11.3 Å². The Morgan fingerprint density at radius 1 is 1.38 bits per heavy atom. The molecule has 128 valence electrons. The summed E-state index contributed by atoms with van der Waals surface area (Å²) in [5.41, 5.74) is 1.16. The second-order valence-electron chi connectivity index (χ2n) is 6.64. The molecule has 1 aliphatic rings. The van der Waals surface area contributed by atoms with Crippen molar-refractivity contribution in [3.8, 4) is 0 Å². The summed E-state index contributed by atoms with van der Waals surface area (Å²) in [4.78, 5) is 16.7. The largest absolute Gasteiger partial charge is 0.350 e. The third-order valence-corrected chi connectivity index (χ3v) is 5.42. The van der Waals surface area contributed by atoms with Crippen LogP contribution in [0.2, 0.25) is 0 Å². The number of benzene rings is 1. The average Bonchev–Trinajstić information content (AvgIpc) is 3.04. The van der Waals surface area contributed by atoms with Gasteiger partial charge in [-0.05, 0) is 43.0 Å². The van der Waals surface area contributed by atoms with Gasteiger partial charge in [0.15, 0.2) is 0 Å². The lowest BCUT2D eigenvalue weighted by atomic mass is 9.81. The lowest BCUT2D eigenvalue weighted by Gasteiger charge is -2.34. The van der Waals surface area contributed by atoms with Crippen LogP contribution in [0.1, 0.15) is 40.8 Å². The van der Waals surface area contributed by atoms with E-state index in [9.17, 15) is 9.18 Å². The SMILES string of the molecule is CC1(CNC(=O)c2csc(Cc3ccccc3F)n2)CCNCC1. The summed E-state index contributed by atoms with van der Waals surface area (Å²) in [5, 5.41) is 8.83. The Hall–Kier alpha value is -1.79. The standard InChI is InChI=1S/C18H22FN3OS/c1-18(6-8-20-9-7-18)12-21-17(23)15-11-24-16(22-15)10-13-4-2-3-5-14(13)19/h2-5,11,20H,6-10,12H2,1H3,(H,21,23). The van der Waals surface area contributed by atoms with E-state index in [1.54, 1.807) is 23.6 Å². The van der Waals surface area contributed by atoms with Crippen LogP contribution in [0, 0.1) is 11.2 Å². The van der Waals surface area contributed by atoms with E-state index in [2.05, 4.69) is 22.5 Å². The Bertz CT molecular complexity index is 710. The van der Waals surface area contributed by atoms with Crippen LogP contribution in [0.25, 0.3) is 0 Å². The van der Waals surface area contributed by atoms with Crippen molar-refractivity contribution in [1.29, 1.82) is 0 Å². The molecule has 0 unspecified atom stereocenters. The first-order valence-electron chi connectivity index (χ1n) is 8.22. The molecule has 3 rings (SSSR count). The van der Waals surface area contributed by atoms with Crippen LogP contribution in [0.3, 0.4) is 0 Å². The van der Waals surface area contributed by atoms with E-state index in [4.69, 9.17) is 0 Å². The summed E-state index contributed by atoms with van der Waals surface area (Å²) >= 11 is 1.39. The van der Waals surface area contributed by atoms with Gasteiger partial charge in [0.1, 0.15) is 11.5 Å². The maximum atomic E-state index is 13.7. The zero-order chi connectivity index (χ0) is 17.0. The maximum absolute atomic E-state index is 13.7. The highest BCUT2D eigenvalue weighted by atomic mass is 32.1. The number of piperidine rings is 1. The second-order valence-corrected chi connectivity index (χ2v) is 7.58. The maximum Gasteiger partial charge on any atom is 0.270 e. The van der Waals surface area contributed by atoms with Gasteiger partial charge in [0.05, 0.1) is 5.01 Å². The van der Waals surface area contributed by atoms with Crippen molar-refractivity contribution in [2.75, 3.05) is 19.6 Å². The fourth-order valence-electron chi connectivity index (χ4n) is 2.89. The minimum absolute atomic E-state index is 0.146. The Balaban J connectivity index is 1.58. The van der Waals surface area contributed by atoms with E-state index in [0.29, 0.717) is 24.2 Å². The monoisotopic (exact) mass is 347 g/mol. The zero-order valence-corrected chi connectivity index (χ0v) is 14.6. The van der Waals surface area contributed by atoms with Crippen molar-refractivity contribution >= 4 is 17.2 Å². The molecule has 1 amide bonds. The minimum atomic E-state index is -0.238. The number of nitrogens with one attached hydrogen (secondary N) is 2. The molecule has 1 aliphatic heterocycles. The number of thiazole rings is 1. The van der Waals surface area contributed by atoms with Gasteiger partial charge in [-0.1, -0.05) is 25.1 Å². The average molecular weight is 347 g/mol. The molecule has 1 fully saturated rings. The Morgan fingerprint density at radius 3 is 2.88 bits per heavy atom. The quantitative estimate of drug-likeness (QED) is 0.874. The van der Waals surface area contributed by atoms with Crippen LogP contribution < -0.4 is 10.6 Å². The van der Waals surface area contributed by atoms with Crippen LogP contribution in [0.5, 0.6) is 0 Å². The second kappa shape index (κ2) is 7.40. The van der Waals surface area contributed by atoms with E-state index < -0.39 is 0 Å². The van der Waals surface area contributed by atoms with Crippen LogP contribution in [0.4, 0.5) is 4.39 Å². The first kappa shape index (κ1) is 17.0. The molecule has 6 heteroatoms. The van der Waals surface area contributed by atoms with Gasteiger partial charge in [-0.2, -0.15) is 0 Å². The number of hydrogen-bond donors (Lipinski definition) is 2. The van der Waals surface area contributed by atoms with Gasteiger partial charge in [-0.15, -0.1) is 11.3 Å². The normalized spacial score (nSPS) is 16.8. The topological polar surface area (TPSA) is 54.0 Å². The molecule has 0 bridgehead atoms. The van der Waals surface area contributed by atoms with Gasteiger partial charge in [0.25, 0.3) is 5.91 Å². The summed E-state index contributed by atoms with van der Waals surface area (Å²) in [6.07, 6.45) is 2.53. The molecule has 1 aromatic heterocycles. The summed E-state index contributed by atoms with van der Waals surface area (Å²) in [5.74, 6) is -0.386. The van der Waals surface area contributed by atoms with Gasteiger partial charge in [-0.3, -0.25) is 4.79 Å². The highest BCUT2D eigenvalue weighted by Crippen LogP contribution is 2.26. The lowest BCUT2D eigenvalue weighted by molar-refractivity contribution is 0.0918. The van der Waals surface area contributed by atoms with Gasteiger partial charge < -0.3 is 10.6 Å². The van der Waals surface area contributed by atoms with Gasteiger partial charge >= 0.3 is 0 Å².